The lowest BCUT2D eigenvalue weighted by Gasteiger charge is -2.14. The zero-order valence-corrected chi connectivity index (χ0v) is 14.0. The van der Waals surface area contributed by atoms with Crippen molar-refractivity contribution < 1.29 is 0 Å². The molecule has 0 saturated heterocycles. The SMILES string of the molecule is Cc1cc(Nc2ccc(N(C)C)cc2)nc(NCC(C)C)n1. The number of nitrogens with one attached hydrogen (secondary N) is 2. The van der Waals surface area contributed by atoms with Crippen LogP contribution in [0.15, 0.2) is 30.3 Å². The van der Waals surface area contributed by atoms with E-state index in [1.165, 1.54) is 5.69 Å². The number of nitrogens with zero attached hydrogens (tertiary/aromatic N) is 3. The number of hydrogen-bond acceptors (Lipinski definition) is 5. The third kappa shape index (κ3) is 4.62. The van der Waals surface area contributed by atoms with E-state index in [1.54, 1.807) is 0 Å². The molecule has 0 spiro atoms. The second kappa shape index (κ2) is 7.11. The Morgan fingerprint density at radius 1 is 1.09 bits per heavy atom. The summed E-state index contributed by atoms with van der Waals surface area (Å²) in [6, 6.07) is 10.2. The van der Waals surface area contributed by atoms with Crippen molar-refractivity contribution in [3.05, 3.63) is 36.0 Å². The Morgan fingerprint density at radius 3 is 2.36 bits per heavy atom. The topological polar surface area (TPSA) is 53.1 Å². The summed E-state index contributed by atoms with van der Waals surface area (Å²) in [6.07, 6.45) is 0. The van der Waals surface area contributed by atoms with Crippen molar-refractivity contribution in [2.45, 2.75) is 20.8 Å². The maximum absolute atomic E-state index is 4.51. The third-order valence-corrected chi connectivity index (χ3v) is 3.18. The van der Waals surface area contributed by atoms with E-state index in [2.05, 4.69) is 51.5 Å². The van der Waals surface area contributed by atoms with E-state index in [-0.39, 0.29) is 0 Å². The molecule has 2 aromatic rings. The molecule has 5 nitrogen and oxygen atoms in total. The smallest absolute Gasteiger partial charge is 0.224 e. The summed E-state index contributed by atoms with van der Waals surface area (Å²) in [6.45, 7) is 7.16. The molecule has 1 aromatic carbocycles. The Hall–Kier alpha value is -2.30. The van der Waals surface area contributed by atoms with Gasteiger partial charge in [-0.2, -0.15) is 4.98 Å². The summed E-state index contributed by atoms with van der Waals surface area (Å²) in [5.41, 5.74) is 3.12. The number of rotatable bonds is 6. The fourth-order valence-corrected chi connectivity index (χ4v) is 2.00. The Labute approximate surface area is 132 Å². The predicted octanol–water partition coefficient (Wildman–Crippen LogP) is 3.66. The minimum atomic E-state index is 0.555. The highest BCUT2D eigenvalue weighted by Gasteiger charge is 2.04. The fourth-order valence-electron chi connectivity index (χ4n) is 2.00. The second-order valence-corrected chi connectivity index (χ2v) is 6.06. The monoisotopic (exact) mass is 299 g/mol. The van der Waals surface area contributed by atoms with Gasteiger partial charge >= 0.3 is 0 Å². The molecular weight excluding hydrogens is 274 g/mol. The lowest BCUT2D eigenvalue weighted by molar-refractivity contribution is 0.684. The van der Waals surface area contributed by atoms with Crippen LogP contribution in [0.1, 0.15) is 19.5 Å². The van der Waals surface area contributed by atoms with Crippen molar-refractivity contribution in [3.63, 3.8) is 0 Å². The van der Waals surface area contributed by atoms with Gasteiger partial charge in [0.1, 0.15) is 5.82 Å². The molecule has 5 heteroatoms. The highest BCUT2D eigenvalue weighted by molar-refractivity contribution is 5.61. The van der Waals surface area contributed by atoms with Gasteiger partial charge in [-0.1, -0.05) is 13.8 Å². The van der Waals surface area contributed by atoms with Crippen LogP contribution in [0.5, 0.6) is 0 Å². The quantitative estimate of drug-likeness (QED) is 0.852. The van der Waals surface area contributed by atoms with E-state index < -0.39 is 0 Å². The zero-order chi connectivity index (χ0) is 16.1. The Balaban J connectivity index is 2.11. The lowest BCUT2D eigenvalue weighted by atomic mass is 10.2. The van der Waals surface area contributed by atoms with Gasteiger partial charge in [0.15, 0.2) is 0 Å². The lowest BCUT2D eigenvalue weighted by Crippen LogP contribution is -2.11. The summed E-state index contributed by atoms with van der Waals surface area (Å²) in [7, 11) is 4.06. The molecule has 2 rings (SSSR count). The zero-order valence-electron chi connectivity index (χ0n) is 14.0. The Bertz CT molecular complexity index is 605. The van der Waals surface area contributed by atoms with Crippen molar-refractivity contribution in [1.82, 2.24) is 9.97 Å². The first-order valence-electron chi connectivity index (χ1n) is 7.58. The molecule has 22 heavy (non-hydrogen) atoms. The molecule has 0 amide bonds. The maximum atomic E-state index is 4.51. The first kappa shape index (κ1) is 16.1. The van der Waals surface area contributed by atoms with Crippen LogP contribution in [0.3, 0.4) is 0 Å². The molecule has 0 aliphatic carbocycles. The molecule has 1 aromatic heterocycles. The van der Waals surface area contributed by atoms with Crippen LogP contribution in [0.25, 0.3) is 0 Å². The van der Waals surface area contributed by atoms with Crippen molar-refractivity contribution in [2.75, 3.05) is 36.2 Å². The first-order chi connectivity index (χ1) is 10.4. The van der Waals surface area contributed by atoms with E-state index in [4.69, 9.17) is 0 Å². The highest BCUT2D eigenvalue weighted by Crippen LogP contribution is 2.20. The van der Waals surface area contributed by atoms with Crippen LogP contribution in [0.4, 0.5) is 23.1 Å². The van der Waals surface area contributed by atoms with Crippen molar-refractivity contribution in [2.24, 2.45) is 5.92 Å². The average Bonchev–Trinajstić information content (AvgIpc) is 2.45. The maximum Gasteiger partial charge on any atom is 0.224 e. The predicted molar refractivity (Wildman–Crippen MR) is 94.1 cm³/mol. The highest BCUT2D eigenvalue weighted by atomic mass is 15.1. The van der Waals surface area contributed by atoms with Crippen LogP contribution in [0.2, 0.25) is 0 Å². The van der Waals surface area contributed by atoms with Gasteiger partial charge in [-0.25, -0.2) is 4.98 Å². The third-order valence-electron chi connectivity index (χ3n) is 3.18. The fraction of sp³-hybridized carbons (Fsp3) is 0.412. The summed E-state index contributed by atoms with van der Waals surface area (Å²) in [5, 5.41) is 6.60. The Morgan fingerprint density at radius 2 is 1.77 bits per heavy atom. The van der Waals surface area contributed by atoms with Gasteiger partial charge < -0.3 is 15.5 Å². The van der Waals surface area contributed by atoms with Gasteiger partial charge in [-0.15, -0.1) is 0 Å². The molecule has 0 saturated carbocycles. The summed E-state index contributed by atoms with van der Waals surface area (Å²) in [5.74, 6) is 2.02. The van der Waals surface area contributed by atoms with Crippen molar-refractivity contribution in [3.8, 4) is 0 Å². The van der Waals surface area contributed by atoms with Crippen LogP contribution >= 0.6 is 0 Å². The average molecular weight is 299 g/mol. The second-order valence-electron chi connectivity index (χ2n) is 6.06. The van der Waals surface area contributed by atoms with E-state index in [1.807, 2.05) is 39.2 Å². The van der Waals surface area contributed by atoms with Crippen molar-refractivity contribution >= 4 is 23.1 Å². The van der Waals surface area contributed by atoms with E-state index in [0.717, 1.165) is 23.7 Å². The molecule has 1 heterocycles. The van der Waals surface area contributed by atoms with Crippen LogP contribution in [-0.4, -0.2) is 30.6 Å². The first-order valence-corrected chi connectivity index (χ1v) is 7.58. The number of aryl methyl sites for hydroxylation is 1. The molecule has 0 atom stereocenters. The van der Waals surface area contributed by atoms with Gasteiger partial charge in [0.05, 0.1) is 0 Å². The number of hydrogen-bond donors (Lipinski definition) is 2. The van der Waals surface area contributed by atoms with Crippen LogP contribution < -0.4 is 15.5 Å². The van der Waals surface area contributed by atoms with E-state index in [9.17, 15) is 0 Å². The minimum absolute atomic E-state index is 0.555. The molecular formula is C17H25N5. The number of benzene rings is 1. The van der Waals surface area contributed by atoms with E-state index >= 15 is 0 Å². The molecule has 0 aliphatic rings. The molecule has 0 unspecified atom stereocenters. The molecule has 118 valence electrons. The van der Waals surface area contributed by atoms with Gasteiger partial charge in [0, 0.05) is 43.8 Å². The minimum Gasteiger partial charge on any atom is -0.378 e. The largest absolute Gasteiger partial charge is 0.378 e. The molecule has 0 radical (unpaired) electrons. The Kier molecular flexibility index (Phi) is 5.20. The van der Waals surface area contributed by atoms with Crippen molar-refractivity contribution in [1.29, 1.82) is 0 Å². The standard InChI is InChI=1S/C17H25N5/c1-12(2)11-18-17-19-13(3)10-16(21-17)20-14-6-8-15(9-7-14)22(4)5/h6-10,12H,11H2,1-5H3,(H2,18,19,20,21). The van der Waals surface area contributed by atoms with Gasteiger partial charge in [-0.05, 0) is 37.1 Å². The molecule has 0 fully saturated rings. The molecule has 0 aliphatic heterocycles. The normalized spacial score (nSPS) is 10.6. The molecule has 0 bridgehead atoms. The summed E-state index contributed by atoms with van der Waals surface area (Å²) < 4.78 is 0. The summed E-state index contributed by atoms with van der Waals surface area (Å²) >= 11 is 0. The number of aromatic nitrogens is 2. The molecule has 2 N–H and O–H groups in total. The van der Waals surface area contributed by atoms with Gasteiger partial charge in [0.25, 0.3) is 0 Å². The summed E-state index contributed by atoms with van der Waals surface area (Å²) in [4.78, 5) is 11.0. The van der Waals surface area contributed by atoms with E-state index in [0.29, 0.717) is 11.9 Å². The van der Waals surface area contributed by atoms with Crippen LogP contribution in [-0.2, 0) is 0 Å². The number of anilines is 4. The van der Waals surface area contributed by atoms with Gasteiger partial charge in [0.2, 0.25) is 5.95 Å². The van der Waals surface area contributed by atoms with Crippen LogP contribution in [0, 0.1) is 12.8 Å². The van der Waals surface area contributed by atoms with Gasteiger partial charge in [-0.3, -0.25) is 0 Å².